The number of carbonyl (C=O) groups is 2. The summed E-state index contributed by atoms with van der Waals surface area (Å²) in [5.41, 5.74) is 1.05. The minimum atomic E-state index is -0.612. The van der Waals surface area contributed by atoms with Crippen molar-refractivity contribution in [1.82, 2.24) is 0 Å². The second-order valence-corrected chi connectivity index (χ2v) is 7.43. The number of thioether (sulfide) groups is 1. The van der Waals surface area contributed by atoms with Crippen LogP contribution >= 0.6 is 11.8 Å². The summed E-state index contributed by atoms with van der Waals surface area (Å²) in [6, 6.07) is 8.56. The van der Waals surface area contributed by atoms with Gasteiger partial charge in [-0.15, -0.1) is 0 Å². The molecule has 0 atom stereocenters. The van der Waals surface area contributed by atoms with E-state index < -0.39 is 5.97 Å². The molecule has 0 radical (unpaired) electrons. The number of rotatable bonds is 7. The van der Waals surface area contributed by atoms with Crippen molar-refractivity contribution in [2.24, 2.45) is 0 Å². The number of ketones is 1. The number of hydrogen-bond donors (Lipinski definition) is 0. The lowest BCUT2D eigenvalue weighted by Gasteiger charge is -2.18. The van der Waals surface area contributed by atoms with Gasteiger partial charge < -0.3 is 23.8 Å². The van der Waals surface area contributed by atoms with E-state index in [9.17, 15) is 9.59 Å². The number of hydrogen-bond acceptors (Lipinski definition) is 8. The van der Waals surface area contributed by atoms with Crippen LogP contribution in [-0.4, -0.2) is 39.6 Å². The summed E-state index contributed by atoms with van der Waals surface area (Å²) in [4.78, 5) is 27.5. The van der Waals surface area contributed by atoms with Crippen molar-refractivity contribution >= 4 is 29.2 Å². The molecular weight excluding hydrogens is 406 g/mol. The molecule has 0 saturated heterocycles. The van der Waals surface area contributed by atoms with Crippen LogP contribution in [0.25, 0.3) is 0 Å². The molecule has 2 aromatic carbocycles. The summed E-state index contributed by atoms with van der Waals surface area (Å²) < 4.78 is 21.5. The van der Waals surface area contributed by atoms with Gasteiger partial charge in [0.1, 0.15) is 28.6 Å². The van der Waals surface area contributed by atoms with Gasteiger partial charge in [-0.3, -0.25) is 4.79 Å². The fourth-order valence-electron chi connectivity index (χ4n) is 3.12. The molecule has 1 aliphatic rings. The van der Waals surface area contributed by atoms with Crippen LogP contribution in [0.1, 0.15) is 24.2 Å². The van der Waals surface area contributed by atoms with E-state index in [4.69, 9.17) is 18.9 Å². The highest BCUT2D eigenvalue weighted by Gasteiger charge is 2.27. The normalized spacial score (nSPS) is 13.8. The molecule has 0 spiro atoms. The summed E-state index contributed by atoms with van der Waals surface area (Å²) >= 11 is 1.51. The first kappa shape index (κ1) is 21.6. The number of ether oxygens (including phenoxy) is 4. The van der Waals surface area contributed by atoms with E-state index in [1.165, 1.54) is 40.0 Å². The Bertz CT molecular complexity index is 992. The zero-order valence-corrected chi connectivity index (χ0v) is 18.3. The maximum absolute atomic E-state index is 12.9. The Morgan fingerprint density at radius 2 is 1.67 bits per heavy atom. The molecule has 1 aliphatic heterocycles. The van der Waals surface area contributed by atoms with Gasteiger partial charge in [0.2, 0.25) is 0 Å². The maximum Gasteiger partial charge on any atom is 0.351 e. The minimum absolute atomic E-state index is 0.0193. The minimum Gasteiger partial charge on any atom is -0.496 e. The lowest BCUT2D eigenvalue weighted by molar-refractivity contribution is -0.112. The predicted octanol–water partition coefficient (Wildman–Crippen LogP) is 4.29. The predicted molar refractivity (Wildman–Crippen MR) is 115 cm³/mol. The van der Waals surface area contributed by atoms with Crippen molar-refractivity contribution in [2.75, 3.05) is 32.8 Å². The quantitative estimate of drug-likeness (QED) is 0.367. The molecule has 2 aromatic rings. The number of fused-ring (bicyclic) bond motifs is 1. The van der Waals surface area contributed by atoms with Crippen molar-refractivity contribution in [3.8, 4) is 23.0 Å². The average Bonchev–Trinajstić information content (AvgIpc) is 3.07. The highest BCUT2D eigenvalue weighted by atomic mass is 32.2. The third-order valence-electron chi connectivity index (χ3n) is 4.47. The molecule has 0 saturated carbocycles. The molecule has 0 bridgehead atoms. The summed E-state index contributed by atoms with van der Waals surface area (Å²) in [5.74, 6) is 0.818. The van der Waals surface area contributed by atoms with E-state index in [0.717, 1.165) is 15.6 Å². The molecular formula is C22H23NO6S. The van der Waals surface area contributed by atoms with Crippen molar-refractivity contribution in [2.45, 2.75) is 18.7 Å². The number of carbonyl (C=O) groups excluding carboxylic acids is 2. The first-order valence-electron chi connectivity index (χ1n) is 9.25. The van der Waals surface area contributed by atoms with Crippen molar-refractivity contribution in [3.05, 3.63) is 47.0 Å². The van der Waals surface area contributed by atoms with Gasteiger partial charge in [-0.1, -0.05) is 11.8 Å². The monoisotopic (exact) mass is 429 g/mol. The van der Waals surface area contributed by atoms with Crippen LogP contribution in [0.3, 0.4) is 0 Å². The van der Waals surface area contributed by atoms with Crippen LogP contribution in [0.4, 0.5) is 5.69 Å². The van der Waals surface area contributed by atoms with Gasteiger partial charge in [0.25, 0.3) is 0 Å². The third-order valence-corrected chi connectivity index (χ3v) is 5.59. The van der Waals surface area contributed by atoms with Crippen molar-refractivity contribution in [3.63, 3.8) is 0 Å². The zero-order valence-electron chi connectivity index (χ0n) is 17.5. The zero-order chi connectivity index (χ0) is 21.8. The second kappa shape index (κ2) is 9.13. The summed E-state index contributed by atoms with van der Waals surface area (Å²) in [7, 11) is 4.43. The fraction of sp³-hybridized carbons (Fsp3) is 0.273. The molecule has 0 fully saturated rings. The van der Waals surface area contributed by atoms with E-state index in [1.54, 1.807) is 30.3 Å². The lowest BCUT2D eigenvalue weighted by Crippen LogP contribution is -2.17. The number of benzene rings is 2. The summed E-state index contributed by atoms with van der Waals surface area (Å²) in [6.07, 6.45) is 1.60. The van der Waals surface area contributed by atoms with E-state index in [2.05, 4.69) is 0 Å². The van der Waals surface area contributed by atoms with E-state index in [-0.39, 0.29) is 22.8 Å². The Kier molecular flexibility index (Phi) is 6.56. The van der Waals surface area contributed by atoms with Crippen LogP contribution in [0.5, 0.6) is 23.0 Å². The van der Waals surface area contributed by atoms with Gasteiger partial charge in [0.05, 0.1) is 32.0 Å². The molecule has 0 unspecified atom stereocenters. The Morgan fingerprint density at radius 1 is 1.00 bits per heavy atom. The molecule has 0 amide bonds. The Hall–Kier alpha value is -3.13. The largest absolute Gasteiger partial charge is 0.496 e. The molecule has 3 rings (SSSR count). The Balaban J connectivity index is 1.93. The smallest absolute Gasteiger partial charge is 0.351 e. The van der Waals surface area contributed by atoms with Gasteiger partial charge in [-0.05, 0) is 26.0 Å². The van der Waals surface area contributed by atoms with Crippen molar-refractivity contribution in [1.29, 1.82) is 0 Å². The number of anilines is 1. The van der Waals surface area contributed by atoms with Crippen LogP contribution in [-0.2, 0) is 4.79 Å². The lowest BCUT2D eigenvalue weighted by atomic mass is 10.1. The first-order valence-corrected chi connectivity index (χ1v) is 10.1. The summed E-state index contributed by atoms with van der Waals surface area (Å²) in [6.45, 7) is 4.19. The average molecular weight is 429 g/mol. The Morgan fingerprint density at radius 3 is 2.20 bits per heavy atom. The van der Waals surface area contributed by atoms with Gasteiger partial charge >= 0.3 is 5.97 Å². The molecule has 1 heterocycles. The van der Waals surface area contributed by atoms with Gasteiger partial charge in [-0.2, -0.15) is 0 Å². The SMILES string of the molecule is CCN1C(=CC(C)=O)Sc2ccc(OC(=O)c3c(OC)cc(OC)cc3OC)cc21. The topological polar surface area (TPSA) is 74.3 Å². The van der Waals surface area contributed by atoms with E-state index >= 15 is 0 Å². The molecule has 158 valence electrons. The number of esters is 1. The van der Waals surface area contributed by atoms with E-state index in [0.29, 0.717) is 18.0 Å². The molecule has 0 N–H and O–H groups in total. The van der Waals surface area contributed by atoms with Crippen molar-refractivity contribution < 1.29 is 28.5 Å². The van der Waals surface area contributed by atoms with Crippen LogP contribution < -0.4 is 23.8 Å². The van der Waals surface area contributed by atoms with Gasteiger partial charge in [0, 0.05) is 35.7 Å². The number of methoxy groups -OCH3 is 3. The molecule has 0 aliphatic carbocycles. The van der Waals surface area contributed by atoms with Crippen LogP contribution in [0.2, 0.25) is 0 Å². The standard InChI is InChI=1S/C22H23NO6S/c1-6-23-16-10-14(7-8-19(16)30-20(23)9-13(2)24)29-22(25)21-17(27-4)11-15(26-3)12-18(21)28-5/h7-12H,6H2,1-5H3. The maximum atomic E-state index is 12.9. The fourth-order valence-corrected chi connectivity index (χ4v) is 4.31. The summed E-state index contributed by atoms with van der Waals surface area (Å²) in [5, 5.41) is 0.849. The molecule has 7 nitrogen and oxygen atoms in total. The van der Waals surface area contributed by atoms with Crippen LogP contribution in [0, 0.1) is 0 Å². The number of nitrogens with zero attached hydrogens (tertiary/aromatic N) is 1. The third kappa shape index (κ3) is 4.23. The molecule has 0 aromatic heterocycles. The first-order chi connectivity index (χ1) is 14.4. The second-order valence-electron chi connectivity index (χ2n) is 6.37. The Labute approximate surface area is 179 Å². The molecule has 30 heavy (non-hydrogen) atoms. The van der Waals surface area contributed by atoms with E-state index in [1.807, 2.05) is 17.9 Å². The van der Waals surface area contributed by atoms with Gasteiger partial charge in [-0.25, -0.2) is 4.79 Å². The highest BCUT2D eigenvalue weighted by molar-refractivity contribution is 8.03. The van der Waals surface area contributed by atoms with Gasteiger partial charge in [0.15, 0.2) is 5.78 Å². The highest BCUT2D eigenvalue weighted by Crippen LogP contribution is 2.47. The molecule has 8 heteroatoms. The van der Waals surface area contributed by atoms with Crippen LogP contribution in [0.15, 0.2) is 46.3 Å². The number of allylic oxidation sites excluding steroid dienone is 1.